The van der Waals surface area contributed by atoms with Crippen LogP contribution < -0.4 is 14.7 Å². The van der Waals surface area contributed by atoms with Gasteiger partial charge < -0.3 is 14.7 Å². The van der Waals surface area contributed by atoms with Gasteiger partial charge >= 0.3 is 5.97 Å². The highest BCUT2D eigenvalue weighted by Crippen LogP contribution is 2.35. The first kappa shape index (κ1) is 19.0. The fourth-order valence-corrected chi connectivity index (χ4v) is 3.68. The average Bonchev–Trinajstić information content (AvgIpc) is 3.25. The second-order valence-corrected chi connectivity index (χ2v) is 7.29. The number of rotatable bonds is 4. The van der Waals surface area contributed by atoms with Crippen LogP contribution in [0.25, 0.3) is 6.08 Å². The van der Waals surface area contributed by atoms with Crippen molar-refractivity contribution in [1.29, 1.82) is 0 Å². The molecule has 7 nitrogen and oxygen atoms in total. The summed E-state index contributed by atoms with van der Waals surface area (Å²) >= 11 is 1.51. The maximum absolute atomic E-state index is 12.5. The topological polar surface area (TPSA) is 100 Å². The summed E-state index contributed by atoms with van der Waals surface area (Å²) in [5, 5.41) is 20.9. The fraction of sp³-hybridized carbons (Fsp3) is 0.0476. The number of allylic oxidation sites excluding steroid dienone is 1. The molecule has 0 amide bonds. The lowest BCUT2D eigenvalue weighted by Crippen LogP contribution is -2.99. The number of benzene rings is 2. The van der Waals surface area contributed by atoms with Gasteiger partial charge in [-0.15, -0.1) is 11.3 Å². The molecule has 146 valence electrons. The Hall–Kier alpha value is -3.30. The van der Waals surface area contributed by atoms with E-state index in [1.807, 2.05) is 18.4 Å². The number of ether oxygens (including phenoxy) is 2. The van der Waals surface area contributed by atoms with E-state index in [0.717, 1.165) is 10.4 Å². The number of aryl methyl sites for hydroxylation is 1. The first-order chi connectivity index (χ1) is 13.9. The number of carbonyl (C=O) groups excluding carboxylic acids is 2. The zero-order chi connectivity index (χ0) is 20.5. The van der Waals surface area contributed by atoms with Gasteiger partial charge in [0.25, 0.3) is 0 Å². The highest BCUT2D eigenvalue weighted by atomic mass is 32.1. The summed E-state index contributed by atoms with van der Waals surface area (Å²) in [7, 11) is 0. The second kappa shape index (κ2) is 7.61. The van der Waals surface area contributed by atoms with E-state index in [1.165, 1.54) is 53.8 Å². The van der Waals surface area contributed by atoms with Gasteiger partial charge in [0.15, 0.2) is 11.4 Å². The van der Waals surface area contributed by atoms with Gasteiger partial charge in [-0.3, -0.25) is 4.79 Å². The van der Waals surface area contributed by atoms with Crippen molar-refractivity contribution in [3.05, 3.63) is 86.4 Å². The lowest BCUT2D eigenvalue weighted by molar-refractivity contribution is -0.991. The quantitative estimate of drug-likeness (QED) is 0.297. The van der Waals surface area contributed by atoms with Gasteiger partial charge in [-0.05, 0) is 42.1 Å². The van der Waals surface area contributed by atoms with Crippen LogP contribution in [0, 0.1) is 12.1 Å². The Balaban J connectivity index is 1.55. The van der Waals surface area contributed by atoms with Crippen molar-refractivity contribution in [2.24, 2.45) is 0 Å². The molecule has 0 fully saturated rings. The van der Waals surface area contributed by atoms with Crippen molar-refractivity contribution < 1.29 is 29.5 Å². The molecule has 1 aliphatic heterocycles. The molecule has 0 radical (unpaired) electrons. The molecule has 0 saturated carbocycles. The third-order valence-corrected chi connectivity index (χ3v) is 5.33. The van der Waals surface area contributed by atoms with Crippen molar-refractivity contribution in [3.8, 4) is 11.5 Å². The molecule has 0 saturated heterocycles. The summed E-state index contributed by atoms with van der Waals surface area (Å²) in [6, 6.07) is 12.0. The van der Waals surface area contributed by atoms with Gasteiger partial charge in [0.1, 0.15) is 11.5 Å². The van der Waals surface area contributed by atoms with E-state index in [9.17, 15) is 14.8 Å². The zero-order valence-electron chi connectivity index (χ0n) is 15.2. The Morgan fingerprint density at radius 2 is 2.07 bits per heavy atom. The standard InChI is InChI=1S/C21H15NO6S/c1-12-7-8-29-19(12)11-18-20(23)16-6-5-15(10-17(16)28-18)27-21(24)13-3-2-4-14(9-13)22(25)26/h2-11,22,25H,1H3. The highest BCUT2D eigenvalue weighted by Gasteiger charge is 2.28. The number of thiophene rings is 1. The normalized spacial score (nSPS) is 15.1. The van der Waals surface area contributed by atoms with Crippen LogP contribution in [0.1, 0.15) is 31.2 Å². The molecule has 1 unspecified atom stereocenters. The van der Waals surface area contributed by atoms with E-state index in [1.54, 1.807) is 6.08 Å². The summed E-state index contributed by atoms with van der Waals surface area (Å²) in [5.74, 6) is -0.235. The maximum Gasteiger partial charge on any atom is 0.343 e. The molecule has 4 rings (SSSR count). The number of Topliss-reactive ketones (excluding diaryl/α,β-unsaturated/α-hetero) is 1. The first-order valence-electron chi connectivity index (χ1n) is 8.60. The smallest absolute Gasteiger partial charge is 0.343 e. The SMILES string of the molecule is Cc1ccsc1C=C1Oc2cc(OC(=O)c3cccc([NH+]([O-])O)c3)ccc2C1=O. The van der Waals surface area contributed by atoms with Crippen LogP contribution in [0.3, 0.4) is 0 Å². The third-order valence-electron chi connectivity index (χ3n) is 4.36. The number of ketones is 1. The lowest BCUT2D eigenvalue weighted by Gasteiger charge is -2.12. The minimum Gasteiger partial charge on any atom is -0.595 e. The van der Waals surface area contributed by atoms with Crippen molar-refractivity contribution >= 4 is 34.9 Å². The van der Waals surface area contributed by atoms with E-state index in [2.05, 4.69) is 0 Å². The number of quaternary nitrogens is 1. The first-order valence-corrected chi connectivity index (χ1v) is 9.48. The number of fused-ring (bicyclic) bond motifs is 1. The minimum absolute atomic E-state index is 0.0130. The van der Waals surface area contributed by atoms with Gasteiger partial charge in [0, 0.05) is 29.2 Å². The highest BCUT2D eigenvalue weighted by molar-refractivity contribution is 7.11. The van der Waals surface area contributed by atoms with Crippen molar-refractivity contribution in [2.45, 2.75) is 6.92 Å². The summed E-state index contributed by atoms with van der Waals surface area (Å²) in [4.78, 5) is 25.8. The molecule has 0 spiro atoms. The van der Waals surface area contributed by atoms with Crippen molar-refractivity contribution in [2.75, 3.05) is 0 Å². The molecule has 29 heavy (non-hydrogen) atoms. The minimum atomic E-state index is -1.13. The molecular weight excluding hydrogens is 394 g/mol. The Morgan fingerprint density at radius 3 is 2.79 bits per heavy atom. The number of esters is 1. The molecule has 0 bridgehead atoms. The van der Waals surface area contributed by atoms with Crippen molar-refractivity contribution in [3.63, 3.8) is 0 Å². The van der Waals surface area contributed by atoms with Gasteiger partial charge in [-0.25, -0.2) is 10.0 Å². The van der Waals surface area contributed by atoms with E-state index in [0.29, 0.717) is 11.3 Å². The molecule has 1 atom stereocenters. The molecule has 3 aromatic rings. The van der Waals surface area contributed by atoms with E-state index in [4.69, 9.17) is 14.7 Å². The average molecular weight is 409 g/mol. The van der Waals surface area contributed by atoms with Crippen LogP contribution in [0.4, 0.5) is 5.69 Å². The van der Waals surface area contributed by atoms with Crippen LogP contribution in [0.5, 0.6) is 11.5 Å². The van der Waals surface area contributed by atoms with Gasteiger partial charge in [0.05, 0.1) is 11.1 Å². The number of hydrogen-bond acceptors (Lipinski definition) is 7. The van der Waals surface area contributed by atoms with Crippen LogP contribution in [-0.4, -0.2) is 17.0 Å². The van der Waals surface area contributed by atoms with Gasteiger partial charge in [-0.2, -0.15) is 5.23 Å². The molecular formula is C21H15NO6S. The van der Waals surface area contributed by atoms with Crippen LogP contribution in [0.2, 0.25) is 0 Å². The van der Waals surface area contributed by atoms with Crippen LogP contribution in [0.15, 0.2) is 59.7 Å². The largest absolute Gasteiger partial charge is 0.595 e. The second-order valence-electron chi connectivity index (χ2n) is 6.34. The van der Waals surface area contributed by atoms with Crippen molar-refractivity contribution in [1.82, 2.24) is 0 Å². The lowest BCUT2D eigenvalue weighted by atomic mass is 10.1. The summed E-state index contributed by atoms with van der Waals surface area (Å²) in [6.07, 6.45) is 1.70. The molecule has 8 heteroatoms. The molecule has 1 aliphatic rings. The number of nitrogens with one attached hydrogen (secondary N) is 1. The van der Waals surface area contributed by atoms with E-state index < -0.39 is 11.2 Å². The van der Waals surface area contributed by atoms with Gasteiger partial charge in [0.2, 0.25) is 5.78 Å². The number of carbonyl (C=O) groups is 2. The zero-order valence-corrected chi connectivity index (χ0v) is 16.0. The van der Waals surface area contributed by atoms with E-state index in [-0.39, 0.29) is 28.5 Å². The summed E-state index contributed by atoms with van der Waals surface area (Å²) in [5.41, 5.74) is 1.53. The molecule has 0 aliphatic carbocycles. The predicted octanol–water partition coefficient (Wildman–Crippen LogP) is 3.30. The molecule has 2 aromatic carbocycles. The molecule has 1 aromatic heterocycles. The summed E-state index contributed by atoms with van der Waals surface area (Å²) in [6.45, 7) is 1.95. The van der Waals surface area contributed by atoms with E-state index >= 15 is 0 Å². The van der Waals surface area contributed by atoms with Gasteiger partial charge in [-0.1, -0.05) is 6.07 Å². The Bertz CT molecular complexity index is 1150. The fourth-order valence-electron chi connectivity index (χ4n) is 2.83. The number of hydrogen-bond donors (Lipinski definition) is 2. The predicted molar refractivity (Wildman–Crippen MR) is 106 cm³/mol. The molecule has 2 N–H and O–H groups in total. The Morgan fingerprint density at radius 1 is 1.24 bits per heavy atom. The summed E-state index contributed by atoms with van der Waals surface area (Å²) < 4.78 is 11.0. The van der Waals surface area contributed by atoms with Crippen LogP contribution in [-0.2, 0) is 0 Å². The maximum atomic E-state index is 12.5. The Kier molecular flexibility index (Phi) is 4.99. The molecule has 2 heterocycles. The van der Waals surface area contributed by atoms with Crippen LogP contribution >= 0.6 is 11.3 Å². The third kappa shape index (κ3) is 3.82. The monoisotopic (exact) mass is 409 g/mol. The Labute approximate surface area is 169 Å².